The van der Waals surface area contributed by atoms with Gasteiger partial charge in [0.25, 0.3) is 0 Å². The first-order valence-corrected chi connectivity index (χ1v) is 10.1. The Kier molecular flexibility index (Phi) is 7.25. The van der Waals surface area contributed by atoms with Gasteiger partial charge in [0.05, 0.1) is 19.7 Å². The molecule has 1 aliphatic heterocycles. The first kappa shape index (κ1) is 20.9. The van der Waals surface area contributed by atoms with E-state index in [1.807, 2.05) is 24.3 Å². The number of aryl methyl sites for hydroxylation is 1. The van der Waals surface area contributed by atoms with E-state index in [-0.39, 0.29) is 12.0 Å². The van der Waals surface area contributed by atoms with Crippen molar-refractivity contribution in [3.8, 4) is 0 Å². The molecule has 1 heterocycles. The van der Waals surface area contributed by atoms with Crippen molar-refractivity contribution in [2.45, 2.75) is 33.4 Å². The third-order valence-corrected chi connectivity index (χ3v) is 4.89. The van der Waals surface area contributed by atoms with Gasteiger partial charge in [0.1, 0.15) is 6.10 Å². The second-order valence-corrected chi connectivity index (χ2v) is 7.21. The number of ether oxygens (including phenoxy) is 1. The number of guanidine groups is 1. The highest BCUT2D eigenvalue weighted by Crippen LogP contribution is 2.25. The standard InChI is InChI=1S/C23H30N4O2/c1-4-24-23(25-15-19-9-7-10-20(14-19)26-18(3)28)27-12-13-29-22(16-27)21-11-6-5-8-17(21)2/h5-11,14,22H,4,12-13,15-16H2,1-3H3,(H,24,25)(H,26,28). The van der Waals surface area contributed by atoms with Gasteiger partial charge in [-0.25, -0.2) is 4.99 Å². The summed E-state index contributed by atoms with van der Waals surface area (Å²) in [7, 11) is 0. The summed E-state index contributed by atoms with van der Waals surface area (Å²) in [6.07, 6.45) is 0.0388. The van der Waals surface area contributed by atoms with E-state index in [2.05, 4.69) is 53.6 Å². The molecule has 2 aromatic carbocycles. The van der Waals surface area contributed by atoms with E-state index >= 15 is 0 Å². The third-order valence-electron chi connectivity index (χ3n) is 4.89. The monoisotopic (exact) mass is 394 g/mol. The van der Waals surface area contributed by atoms with Crippen LogP contribution >= 0.6 is 0 Å². The fourth-order valence-electron chi connectivity index (χ4n) is 3.52. The molecule has 6 nitrogen and oxygen atoms in total. The van der Waals surface area contributed by atoms with Gasteiger partial charge in [-0.1, -0.05) is 36.4 Å². The Hall–Kier alpha value is -2.86. The molecule has 0 bridgehead atoms. The van der Waals surface area contributed by atoms with Crippen LogP contribution in [0.25, 0.3) is 0 Å². The molecule has 0 radical (unpaired) electrons. The third kappa shape index (κ3) is 5.81. The van der Waals surface area contributed by atoms with Crippen LogP contribution in [-0.4, -0.2) is 43.0 Å². The normalized spacial score (nSPS) is 17.1. The van der Waals surface area contributed by atoms with Crippen LogP contribution in [0.3, 0.4) is 0 Å². The minimum Gasteiger partial charge on any atom is -0.370 e. The van der Waals surface area contributed by atoms with Crippen LogP contribution in [-0.2, 0) is 16.1 Å². The molecule has 3 rings (SSSR count). The molecule has 1 fully saturated rings. The molecule has 0 spiro atoms. The number of rotatable bonds is 5. The second kappa shape index (κ2) is 10.1. The molecule has 0 saturated carbocycles. The highest BCUT2D eigenvalue weighted by molar-refractivity contribution is 5.88. The molecule has 2 aromatic rings. The molecule has 1 aliphatic rings. The van der Waals surface area contributed by atoms with Crippen molar-refractivity contribution >= 4 is 17.6 Å². The molecule has 1 unspecified atom stereocenters. The maximum atomic E-state index is 11.3. The number of benzene rings is 2. The van der Waals surface area contributed by atoms with Gasteiger partial charge in [0.15, 0.2) is 5.96 Å². The van der Waals surface area contributed by atoms with E-state index in [0.29, 0.717) is 13.2 Å². The molecule has 1 saturated heterocycles. The molecule has 154 valence electrons. The minimum absolute atomic E-state index is 0.0388. The van der Waals surface area contributed by atoms with Crippen molar-refractivity contribution in [2.75, 3.05) is 31.6 Å². The highest BCUT2D eigenvalue weighted by Gasteiger charge is 2.25. The molecule has 6 heteroatoms. The van der Waals surface area contributed by atoms with Gasteiger partial charge < -0.3 is 20.3 Å². The lowest BCUT2D eigenvalue weighted by Crippen LogP contribution is -2.48. The number of anilines is 1. The predicted octanol–water partition coefficient (Wildman–Crippen LogP) is 3.49. The van der Waals surface area contributed by atoms with Crippen LogP contribution in [0.15, 0.2) is 53.5 Å². The maximum Gasteiger partial charge on any atom is 0.221 e. The lowest BCUT2D eigenvalue weighted by Gasteiger charge is -2.35. The van der Waals surface area contributed by atoms with Crippen LogP contribution in [0.5, 0.6) is 0 Å². The number of carbonyl (C=O) groups is 1. The molecular formula is C23H30N4O2. The summed E-state index contributed by atoms with van der Waals surface area (Å²) < 4.78 is 6.05. The quantitative estimate of drug-likeness (QED) is 0.602. The van der Waals surface area contributed by atoms with Crippen LogP contribution in [0.1, 0.15) is 36.6 Å². The SMILES string of the molecule is CCNC(=NCc1cccc(NC(C)=O)c1)N1CCOC(c2ccccc2C)C1. The number of morpholine rings is 1. The maximum absolute atomic E-state index is 11.3. The van der Waals surface area contributed by atoms with Crippen molar-refractivity contribution < 1.29 is 9.53 Å². The number of hydrogen-bond donors (Lipinski definition) is 2. The molecular weight excluding hydrogens is 364 g/mol. The Bertz CT molecular complexity index is 865. The van der Waals surface area contributed by atoms with Crippen LogP contribution in [0.2, 0.25) is 0 Å². The van der Waals surface area contributed by atoms with Crippen molar-refractivity contribution in [2.24, 2.45) is 4.99 Å². The predicted molar refractivity (Wildman–Crippen MR) is 117 cm³/mol. The van der Waals surface area contributed by atoms with Gasteiger partial charge >= 0.3 is 0 Å². The van der Waals surface area contributed by atoms with Crippen molar-refractivity contribution in [3.63, 3.8) is 0 Å². The van der Waals surface area contributed by atoms with E-state index < -0.39 is 0 Å². The number of amides is 1. The van der Waals surface area contributed by atoms with E-state index in [1.165, 1.54) is 18.1 Å². The fraction of sp³-hybridized carbons (Fsp3) is 0.391. The fourth-order valence-corrected chi connectivity index (χ4v) is 3.52. The van der Waals surface area contributed by atoms with Gasteiger partial charge in [-0.05, 0) is 42.7 Å². The molecule has 1 amide bonds. The Morgan fingerprint density at radius 1 is 1.24 bits per heavy atom. The molecule has 29 heavy (non-hydrogen) atoms. The summed E-state index contributed by atoms with van der Waals surface area (Å²) >= 11 is 0. The van der Waals surface area contributed by atoms with Gasteiger partial charge in [-0.15, -0.1) is 0 Å². The zero-order valence-corrected chi connectivity index (χ0v) is 17.4. The second-order valence-electron chi connectivity index (χ2n) is 7.21. The summed E-state index contributed by atoms with van der Waals surface area (Å²) in [4.78, 5) is 18.4. The summed E-state index contributed by atoms with van der Waals surface area (Å²) in [6, 6.07) is 16.2. The Morgan fingerprint density at radius 3 is 2.83 bits per heavy atom. The summed E-state index contributed by atoms with van der Waals surface area (Å²) in [5.41, 5.74) is 4.32. The van der Waals surface area contributed by atoms with Crippen molar-refractivity contribution in [1.29, 1.82) is 0 Å². The summed E-state index contributed by atoms with van der Waals surface area (Å²) in [6.45, 7) is 9.30. The Labute approximate surface area is 173 Å². The van der Waals surface area contributed by atoms with Crippen LogP contribution in [0.4, 0.5) is 5.69 Å². The van der Waals surface area contributed by atoms with E-state index in [4.69, 9.17) is 9.73 Å². The highest BCUT2D eigenvalue weighted by atomic mass is 16.5. The lowest BCUT2D eigenvalue weighted by atomic mass is 10.0. The van der Waals surface area contributed by atoms with E-state index in [9.17, 15) is 4.79 Å². The first-order valence-electron chi connectivity index (χ1n) is 10.1. The van der Waals surface area contributed by atoms with E-state index in [1.54, 1.807) is 0 Å². The Balaban J connectivity index is 1.73. The molecule has 2 N–H and O–H groups in total. The molecule has 1 atom stereocenters. The number of carbonyl (C=O) groups excluding carboxylic acids is 1. The number of nitrogens with one attached hydrogen (secondary N) is 2. The molecule has 0 aromatic heterocycles. The van der Waals surface area contributed by atoms with Gasteiger partial charge in [0, 0.05) is 25.7 Å². The molecule has 0 aliphatic carbocycles. The van der Waals surface area contributed by atoms with Gasteiger partial charge in [-0.3, -0.25) is 4.79 Å². The van der Waals surface area contributed by atoms with Gasteiger partial charge in [0.2, 0.25) is 5.91 Å². The topological polar surface area (TPSA) is 66.0 Å². The minimum atomic E-state index is -0.0745. The summed E-state index contributed by atoms with van der Waals surface area (Å²) in [5, 5.41) is 6.23. The van der Waals surface area contributed by atoms with Crippen LogP contribution < -0.4 is 10.6 Å². The number of nitrogens with zero attached hydrogens (tertiary/aromatic N) is 2. The zero-order valence-electron chi connectivity index (χ0n) is 17.4. The van der Waals surface area contributed by atoms with Crippen molar-refractivity contribution in [1.82, 2.24) is 10.2 Å². The summed E-state index contributed by atoms with van der Waals surface area (Å²) in [5.74, 6) is 0.814. The van der Waals surface area contributed by atoms with Crippen LogP contribution in [0, 0.1) is 6.92 Å². The van der Waals surface area contributed by atoms with E-state index in [0.717, 1.165) is 36.8 Å². The van der Waals surface area contributed by atoms with Crippen molar-refractivity contribution in [3.05, 3.63) is 65.2 Å². The van der Waals surface area contributed by atoms with Gasteiger partial charge in [-0.2, -0.15) is 0 Å². The number of hydrogen-bond acceptors (Lipinski definition) is 3. The first-order chi connectivity index (χ1) is 14.1. The largest absolute Gasteiger partial charge is 0.370 e. The average Bonchev–Trinajstić information content (AvgIpc) is 2.71. The number of aliphatic imine (C=N–C) groups is 1. The average molecular weight is 395 g/mol. The smallest absolute Gasteiger partial charge is 0.221 e. The zero-order chi connectivity index (χ0) is 20.6. The lowest BCUT2D eigenvalue weighted by molar-refractivity contribution is -0.114. The Morgan fingerprint density at radius 2 is 2.07 bits per heavy atom.